The van der Waals surface area contributed by atoms with Gasteiger partial charge in [-0.3, -0.25) is 9.36 Å². The quantitative estimate of drug-likeness (QED) is 0.120. The maximum atomic E-state index is 14.3. The van der Waals surface area contributed by atoms with Gasteiger partial charge >= 0.3 is 5.97 Å². The number of hydrogen-bond acceptors (Lipinski definition) is 7. The fourth-order valence-electron chi connectivity index (χ4n) is 5.52. The minimum absolute atomic E-state index is 0.189. The number of hydrogen-bond donors (Lipinski definition) is 0. The number of benzene rings is 4. The fraction of sp³-hybridized carbons (Fsp3) is 0.171. The van der Waals surface area contributed by atoms with Crippen LogP contribution in [-0.4, -0.2) is 24.3 Å². The molecule has 6 rings (SSSR count). The lowest BCUT2D eigenvalue weighted by Crippen LogP contribution is -2.40. The molecule has 5 aromatic rings. The van der Waals surface area contributed by atoms with E-state index in [-0.39, 0.29) is 12.2 Å². The Hall–Kier alpha value is -3.20. The van der Waals surface area contributed by atoms with Crippen molar-refractivity contribution in [3.05, 3.63) is 133 Å². The van der Waals surface area contributed by atoms with E-state index in [0.717, 1.165) is 34.8 Å². The number of halogens is 3. The molecule has 0 radical (unpaired) electrons. The van der Waals surface area contributed by atoms with E-state index in [9.17, 15) is 9.59 Å². The second-order valence-corrected chi connectivity index (χ2v) is 14.1. The predicted octanol–water partition coefficient (Wildman–Crippen LogP) is 7.40. The summed E-state index contributed by atoms with van der Waals surface area (Å²) >= 11 is 12.1. The molecule has 1 aliphatic rings. The second kappa shape index (κ2) is 13.9. The van der Waals surface area contributed by atoms with Gasteiger partial charge in [0.25, 0.3) is 5.56 Å². The van der Waals surface area contributed by atoms with Gasteiger partial charge in [0.1, 0.15) is 24.1 Å². The van der Waals surface area contributed by atoms with Crippen LogP contribution in [0.5, 0.6) is 11.5 Å². The van der Waals surface area contributed by atoms with Crippen LogP contribution in [0, 0.1) is 7.14 Å². The van der Waals surface area contributed by atoms with Gasteiger partial charge in [-0.1, -0.05) is 71.5 Å². The molecule has 4 aromatic carbocycles. The molecular formula is C35H27ClI2N2O5S. The number of rotatable bonds is 8. The van der Waals surface area contributed by atoms with Gasteiger partial charge in [0.15, 0.2) is 4.80 Å². The third-order valence-corrected chi connectivity index (χ3v) is 10.5. The summed E-state index contributed by atoms with van der Waals surface area (Å²) < 4.78 is 21.4. The standard InChI is InChI=1S/C35H27ClI2N2O5S/c1-4-44-34(42)29-19(2)39-35-40(31(29)30-23-11-7-5-9-21(23)13-14-27(30)43-3)33(41)28(46-35)17-20-15-25(37)32(26(38)16-20)45-18-22-10-6-8-12-24(22)36/h5-17,31H,4,18H2,1-3H3/b28-17+/t31-/m1/s1. The molecule has 0 N–H and O–H groups in total. The molecule has 0 saturated heterocycles. The largest absolute Gasteiger partial charge is 0.496 e. The molecule has 0 fully saturated rings. The van der Waals surface area contributed by atoms with E-state index in [4.69, 9.17) is 30.8 Å². The molecule has 234 valence electrons. The van der Waals surface area contributed by atoms with Crippen LogP contribution in [0.3, 0.4) is 0 Å². The minimum Gasteiger partial charge on any atom is -0.496 e. The second-order valence-electron chi connectivity index (χ2n) is 10.4. The predicted molar refractivity (Wildman–Crippen MR) is 199 cm³/mol. The molecule has 0 bridgehead atoms. The Labute approximate surface area is 301 Å². The number of fused-ring (bicyclic) bond motifs is 2. The number of thiazole rings is 1. The molecule has 1 aromatic heterocycles. The smallest absolute Gasteiger partial charge is 0.338 e. The first-order valence-corrected chi connectivity index (χ1v) is 17.7. The van der Waals surface area contributed by atoms with Crippen LogP contribution in [0.25, 0.3) is 16.8 Å². The molecule has 1 atom stereocenters. The Balaban J connectivity index is 1.49. The van der Waals surface area contributed by atoms with Crippen LogP contribution in [-0.2, 0) is 16.1 Å². The van der Waals surface area contributed by atoms with E-state index < -0.39 is 12.0 Å². The van der Waals surface area contributed by atoms with Crippen molar-refractivity contribution < 1.29 is 19.0 Å². The average molecular weight is 877 g/mol. The maximum Gasteiger partial charge on any atom is 0.338 e. The van der Waals surface area contributed by atoms with E-state index in [1.54, 1.807) is 25.5 Å². The Kier molecular flexibility index (Phi) is 9.88. The molecule has 11 heteroatoms. The number of carbonyl (C=O) groups is 1. The summed E-state index contributed by atoms with van der Waals surface area (Å²) in [5.74, 6) is 0.790. The number of esters is 1. The van der Waals surface area contributed by atoms with Gasteiger partial charge < -0.3 is 14.2 Å². The number of aromatic nitrogens is 1. The number of methoxy groups -OCH3 is 1. The lowest BCUT2D eigenvalue weighted by molar-refractivity contribution is -0.139. The van der Waals surface area contributed by atoms with Crippen molar-refractivity contribution in [2.75, 3.05) is 13.7 Å². The summed E-state index contributed by atoms with van der Waals surface area (Å²) in [5.41, 5.74) is 2.98. The zero-order valence-electron chi connectivity index (χ0n) is 25.0. The van der Waals surface area contributed by atoms with E-state index >= 15 is 0 Å². The molecule has 0 spiro atoms. The van der Waals surface area contributed by atoms with Crippen LogP contribution in [0.1, 0.15) is 36.6 Å². The zero-order chi connectivity index (χ0) is 32.5. The number of nitrogens with zero attached hydrogens (tertiary/aromatic N) is 2. The van der Waals surface area contributed by atoms with Crippen LogP contribution in [0.15, 0.2) is 93.9 Å². The summed E-state index contributed by atoms with van der Waals surface area (Å²) in [4.78, 5) is 33.1. The monoisotopic (exact) mass is 876 g/mol. The van der Waals surface area contributed by atoms with Crippen LogP contribution < -0.4 is 24.4 Å². The lowest BCUT2D eigenvalue weighted by atomic mass is 9.90. The summed E-state index contributed by atoms with van der Waals surface area (Å²) in [5, 5.41) is 2.48. The van der Waals surface area contributed by atoms with Gasteiger partial charge in [-0.05, 0) is 106 Å². The van der Waals surface area contributed by atoms with Crippen molar-refractivity contribution in [1.82, 2.24) is 4.57 Å². The summed E-state index contributed by atoms with van der Waals surface area (Å²) in [6, 6.07) is 22.4. The third-order valence-electron chi connectivity index (χ3n) is 7.59. The Bertz CT molecular complexity index is 2200. The molecule has 46 heavy (non-hydrogen) atoms. The van der Waals surface area contributed by atoms with Gasteiger partial charge in [0.05, 0.1) is 36.7 Å². The Morgan fingerprint density at radius 3 is 2.50 bits per heavy atom. The average Bonchev–Trinajstić information content (AvgIpc) is 3.34. The lowest BCUT2D eigenvalue weighted by Gasteiger charge is -2.27. The number of ether oxygens (including phenoxy) is 3. The van der Waals surface area contributed by atoms with Crippen molar-refractivity contribution in [3.63, 3.8) is 0 Å². The zero-order valence-corrected chi connectivity index (χ0v) is 30.9. The minimum atomic E-state index is -0.806. The molecule has 2 heterocycles. The van der Waals surface area contributed by atoms with E-state index in [1.807, 2.05) is 78.9 Å². The molecule has 1 aliphatic heterocycles. The summed E-state index contributed by atoms with van der Waals surface area (Å²) in [6.45, 7) is 4.06. The maximum absolute atomic E-state index is 14.3. The molecule has 0 saturated carbocycles. The van der Waals surface area contributed by atoms with Crippen molar-refractivity contribution in [2.24, 2.45) is 4.99 Å². The Morgan fingerprint density at radius 1 is 1.07 bits per heavy atom. The van der Waals surface area contributed by atoms with Gasteiger partial charge in [-0.15, -0.1) is 0 Å². The fourth-order valence-corrected chi connectivity index (χ4v) is 8.88. The molecule has 7 nitrogen and oxygen atoms in total. The Morgan fingerprint density at radius 2 is 1.78 bits per heavy atom. The third kappa shape index (κ3) is 6.24. The highest BCUT2D eigenvalue weighted by Crippen LogP contribution is 2.40. The normalized spacial score (nSPS) is 14.7. The molecular weight excluding hydrogens is 850 g/mol. The van der Waals surface area contributed by atoms with Crippen molar-refractivity contribution in [3.8, 4) is 11.5 Å². The van der Waals surface area contributed by atoms with E-state index in [1.165, 1.54) is 11.3 Å². The topological polar surface area (TPSA) is 79.1 Å². The van der Waals surface area contributed by atoms with Crippen molar-refractivity contribution >= 4 is 90.9 Å². The highest BCUT2D eigenvalue weighted by atomic mass is 127. The van der Waals surface area contributed by atoms with Crippen LogP contribution in [0.4, 0.5) is 0 Å². The van der Waals surface area contributed by atoms with Gasteiger partial charge in [-0.2, -0.15) is 0 Å². The van der Waals surface area contributed by atoms with Gasteiger partial charge in [0.2, 0.25) is 0 Å². The van der Waals surface area contributed by atoms with Crippen LogP contribution >= 0.6 is 68.1 Å². The molecule has 0 aliphatic carbocycles. The van der Waals surface area contributed by atoms with Gasteiger partial charge in [-0.25, -0.2) is 9.79 Å². The highest BCUT2D eigenvalue weighted by molar-refractivity contribution is 14.1. The van der Waals surface area contributed by atoms with Crippen molar-refractivity contribution in [2.45, 2.75) is 26.5 Å². The first-order chi connectivity index (χ1) is 22.2. The summed E-state index contributed by atoms with van der Waals surface area (Å²) in [7, 11) is 1.59. The molecule has 0 unspecified atom stereocenters. The first-order valence-electron chi connectivity index (χ1n) is 14.3. The van der Waals surface area contributed by atoms with Crippen molar-refractivity contribution in [1.29, 1.82) is 0 Å². The summed E-state index contributed by atoms with van der Waals surface area (Å²) in [6.07, 6.45) is 1.85. The van der Waals surface area contributed by atoms with Gasteiger partial charge in [0, 0.05) is 16.1 Å². The SMILES string of the molecule is CCOC(=O)C1=C(C)N=c2s/c(=C/c3cc(I)c(OCc4ccccc4Cl)c(I)c3)c(=O)n2[C@H]1c1c(OC)ccc2ccccc12. The first kappa shape index (κ1) is 32.7. The van der Waals surface area contributed by atoms with E-state index in [0.29, 0.717) is 43.5 Å². The number of allylic oxidation sites excluding steroid dienone is 1. The van der Waals surface area contributed by atoms with Crippen LogP contribution in [0.2, 0.25) is 5.02 Å². The highest BCUT2D eigenvalue weighted by Gasteiger charge is 2.36. The number of carbonyl (C=O) groups excluding carboxylic acids is 1. The van der Waals surface area contributed by atoms with E-state index in [2.05, 4.69) is 45.2 Å². The molecule has 0 amide bonds.